The number of nitrogens with two attached hydrogens (primary N) is 1. The lowest BCUT2D eigenvalue weighted by atomic mass is 9.93. The van der Waals surface area contributed by atoms with Crippen molar-refractivity contribution in [3.05, 3.63) is 29.8 Å². The number of fused-ring (bicyclic) bond motifs is 1. The van der Waals surface area contributed by atoms with Gasteiger partial charge >= 0.3 is 11.9 Å². The standard InChI is InChI=1S/C21H33N3O5.C4H4O4/c1-27-8-3-2-6-24-7-5-15(18(25)14-24)13-23-21(26)17-11-16(22)12-19-20(17)29-10-4-9-28-19;5-3(6)1-2-4(7)8/h11-12,15,18,25H,2-10,13-14,22H2,1H3,(H,23,26);1-2H,(H,5,6)(H,7,8)/b;2-1+/t15-,18+;/m0./s1. The van der Waals surface area contributed by atoms with Crippen molar-refractivity contribution in [1.29, 1.82) is 0 Å². The lowest BCUT2D eigenvalue weighted by molar-refractivity contribution is -0.134. The van der Waals surface area contributed by atoms with Crippen molar-refractivity contribution in [2.24, 2.45) is 5.92 Å². The molecule has 0 aliphatic carbocycles. The summed E-state index contributed by atoms with van der Waals surface area (Å²) in [6.45, 7) is 4.75. The molecule has 1 aromatic carbocycles. The number of hydrogen-bond donors (Lipinski definition) is 5. The zero-order valence-corrected chi connectivity index (χ0v) is 21.1. The van der Waals surface area contributed by atoms with Gasteiger partial charge in [0.25, 0.3) is 5.91 Å². The van der Waals surface area contributed by atoms with Crippen LogP contribution >= 0.6 is 0 Å². The molecule has 0 unspecified atom stereocenters. The number of unbranched alkanes of at least 4 members (excludes halogenated alkanes) is 1. The van der Waals surface area contributed by atoms with Crippen LogP contribution in [-0.2, 0) is 14.3 Å². The monoisotopic (exact) mass is 523 g/mol. The molecule has 2 atom stereocenters. The highest BCUT2D eigenvalue weighted by molar-refractivity contribution is 5.99. The van der Waals surface area contributed by atoms with Crippen molar-refractivity contribution in [3.8, 4) is 11.5 Å². The van der Waals surface area contributed by atoms with Gasteiger partial charge in [-0.3, -0.25) is 4.79 Å². The Morgan fingerprint density at radius 2 is 1.86 bits per heavy atom. The van der Waals surface area contributed by atoms with Crippen molar-refractivity contribution in [2.45, 2.75) is 31.8 Å². The maximum atomic E-state index is 12.8. The number of aliphatic carboxylic acids is 2. The van der Waals surface area contributed by atoms with E-state index in [1.54, 1.807) is 19.2 Å². The summed E-state index contributed by atoms with van der Waals surface area (Å²) in [5.74, 6) is -1.78. The summed E-state index contributed by atoms with van der Waals surface area (Å²) in [7, 11) is 1.71. The molecule has 1 amide bonds. The van der Waals surface area contributed by atoms with E-state index in [0.29, 0.717) is 61.2 Å². The lowest BCUT2D eigenvalue weighted by Gasteiger charge is -2.36. The number of methoxy groups -OCH3 is 1. The maximum Gasteiger partial charge on any atom is 0.328 e. The minimum atomic E-state index is -1.26. The summed E-state index contributed by atoms with van der Waals surface area (Å²) in [6, 6.07) is 3.30. The number of amides is 1. The predicted molar refractivity (Wildman–Crippen MR) is 135 cm³/mol. The van der Waals surface area contributed by atoms with Crippen molar-refractivity contribution in [2.75, 3.05) is 58.8 Å². The van der Waals surface area contributed by atoms with Crippen LogP contribution < -0.4 is 20.5 Å². The fraction of sp³-hybridized carbons (Fsp3) is 0.560. The van der Waals surface area contributed by atoms with Gasteiger partial charge in [-0.05, 0) is 38.4 Å². The molecule has 3 rings (SSSR count). The molecule has 0 spiro atoms. The number of ether oxygens (including phenoxy) is 3. The van der Waals surface area contributed by atoms with Gasteiger partial charge in [0.1, 0.15) is 0 Å². The van der Waals surface area contributed by atoms with Crippen molar-refractivity contribution in [3.63, 3.8) is 0 Å². The molecule has 0 radical (unpaired) electrons. The molecule has 0 aromatic heterocycles. The number of nitrogens with zero attached hydrogens (tertiary/aromatic N) is 1. The first kappa shape index (κ1) is 29.9. The number of carboxylic acids is 2. The Hall–Kier alpha value is -3.35. The second-order valence-corrected chi connectivity index (χ2v) is 8.78. The second kappa shape index (κ2) is 15.7. The summed E-state index contributed by atoms with van der Waals surface area (Å²) >= 11 is 0. The first-order chi connectivity index (χ1) is 17.7. The number of hydrogen-bond acceptors (Lipinski definition) is 9. The van der Waals surface area contributed by atoms with E-state index in [9.17, 15) is 19.5 Å². The van der Waals surface area contributed by atoms with E-state index in [4.69, 9.17) is 30.2 Å². The first-order valence-corrected chi connectivity index (χ1v) is 12.2. The average Bonchev–Trinajstić information content (AvgIpc) is 3.10. The Morgan fingerprint density at radius 1 is 1.16 bits per heavy atom. The number of benzene rings is 1. The number of aliphatic hydroxyl groups excluding tert-OH is 1. The van der Waals surface area contributed by atoms with Crippen LogP contribution in [0.1, 0.15) is 36.0 Å². The Kier molecular flexibility index (Phi) is 12.7. The first-order valence-electron chi connectivity index (χ1n) is 12.2. The minimum absolute atomic E-state index is 0.0333. The quantitative estimate of drug-likeness (QED) is 0.167. The molecule has 1 aromatic rings. The topological polar surface area (TPSA) is 181 Å². The van der Waals surface area contributed by atoms with Gasteiger partial charge in [0.2, 0.25) is 0 Å². The summed E-state index contributed by atoms with van der Waals surface area (Å²) in [5, 5.41) is 29.1. The Bertz CT molecular complexity index is 922. The molecular formula is C25H37N3O9. The Morgan fingerprint density at radius 3 is 2.51 bits per heavy atom. The third-order valence-corrected chi connectivity index (χ3v) is 5.89. The average molecular weight is 524 g/mol. The lowest BCUT2D eigenvalue weighted by Crippen LogP contribution is -2.47. The van der Waals surface area contributed by atoms with E-state index in [1.807, 2.05) is 0 Å². The molecule has 2 aliphatic rings. The fourth-order valence-corrected chi connectivity index (χ4v) is 3.99. The largest absolute Gasteiger partial charge is 0.489 e. The van der Waals surface area contributed by atoms with Crippen LogP contribution in [0, 0.1) is 5.92 Å². The molecule has 1 saturated heterocycles. The van der Waals surface area contributed by atoms with Crippen LogP contribution in [-0.4, -0.2) is 97.3 Å². The van der Waals surface area contributed by atoms with Gasteiger partial charge in [-0.2, -0.15) is 0 Å². The van der Waals surface area contributed by atoms with Crippen molar-refractivity contribution >= 4 is 23.5 Å². The smallest absolute Gasteiger partial charge is 0.328 e. The fourth-order valence-electron chi connectivity index (χ4n) is 3.99. The van der Waals surface area contributed by atoms with Gasteiger partial charge in [-0.1, -0.05) is 0 Å². The summed E-state index contributed by atoms with van der Waals surface area (Å²) in [5.41, 5.74) is 6.78. The molecule has 0 saturated carbocycles. The SMILES string of the molecule is COCCCCN1CC[C@@H](CNC(=O)c2cc(N)cc3c2OCCCO3)[C@H](O)C1.O=C(O)/C=C/C(=O)O. The molecule has 206 valence electrons. The van der Waals surface area contributed by atoms with E-state index in [0.717, 1.165) is 45.4 Å². The predicted octanol–water partition coefficient (Wildman–Crippen LogP) is 0.981. The molecule has 1 fully saturated rings. The highest BCUT2D eigenvalue weighted by Crippen LogP contribution is 2.35. The van der Waals surface area contributed by atoms with Crippen LogP contribution in [0.4, 0.5) is 5.69 Å². The zero-order valence-electron chi connectivity index (χ0n) is 21.1. The number of anilines is 1. The van der Waals surface area contributed by atoms with E-state index in [1.165, 1.54) is 0 Å². The third-order valence-electron chi connectivity index (χ3n) is 5.89. The molecule has 12 heteroatoms. The van der Waals surface area contributed by atoms with Crippen LogP contribution in [0.25, 0.3) is 0 Å². The number of β-amino-alcohol motifs (C(OH)–C–C–N with tert-alkyl or cyclic N) is 1. The van der Waals surface area contributed by atoms with Gasteiger partial charge < -0.3 is 45.5 Å². The number of nitrogens with one attached hydrogen (secondary N) is 1. The zero-order chi connectivity index (χ0) is 27.2. The molecule has 12 nitrogen and oxygen atoms in total. The van der Waals surface area contributed by atoms with Gasteiger partial charge in [-0.25, -0.2) is 9.59 Å². The van der Waals surface area contributed by atoms with Crippen LogP contribution in [0.2, 0.25) is 0 Å². The Balaban J connectivity index is 0.000000521. The van der Waals surface area contributed by atoms with E-state index >= 15 is 0 Å². The van der Waals surface area contributed by atoms with Gasteiger partial charge in [0.05, 0.1) is 24.9 Å². The molecule has 37 heavy (non-hydrogen) atoms. The summed E-state index contributed by atoms with van der Waals surface area (Å²) < 4.78 is 16.5. The molecule has 2 aliphatic heterocycles. The number of nitrogen functional groups attached to an aromatic ring is 1. The molecule has 2 heterocycles. The number of likely N-dealkylation sites (tertiary alicyclic amines) is 1. The van der Waals surface area contributed by atoms with Gasteiger partial charge in [0.15, 0.2) is 11.5 Å². The third kappa shape index (κ3) is 10.7. The minimum Gasteiger partial charge on any atom is -0.489 e. The molecule has 0 bridgehead atoms. The maximum absolute atomic E-state index is 12.8. The molecular weight excluding hydrogens is 486 g/mol. The highest BCUT2D eigenvalue weighted by atomic mass is 16.5. The number of carboxylic acid groups (broad SMARTS) is 2. The van der Waals surface area contributed by atoms with Crippen molar-refractivity contribution in [1.82, 2.24) is 10.2 Å². The number of carbonyl (C=O) groups is 3. The number of aliphatic hydroxyl groups is 1. The van der Waals surface area contributed by atoms with Gasteiger partial charge in [0, 0.05) is 63.1 Å². The van der Waals surface area contributed by atoms with Crippen LogP contribution in [0.15, 0.2) is 24.3 Å². The normalized spacial score (nSPS) is 19.4. The van der Waals surface area contributed by atoms with Gasteiger partial charge in [-0.15, -0.1) is 0 Å². The van der Waals surface area contributed by atoms with E-state index < -0.39 is 18.0 Å². The summed E-state index contributed by atoms with van der Waals surface area (Å²) in [6.07, 6.45) is 4.35. The van der Waals surface area contributed by atoms with E-state index in [2.05, 4.69) is 10.2 Å². The Labute approximate surface area is 216 Å². The van der Waals surface area contributed by atoms with E-state index in [-0.39, 0.29) is 11.8 Å². The van der Waals surface area contributed by atoms with Crippen molar-refractivity contribution < 1.29 is 43.9 Å². The van der Waals surface area contributed by atoms with Crippen LogP contribution in [0.3, 0.4) is 0 Å². The highest BCUT2D eigenvalue weighted by Gasteiger charge is 2.28. The summed E-state index contributed by atoms with van der Waals surface area (Å²) in [4.78, 5) is 34.2. The number of rotatable bonds is 10. The second-order valence-electron chi connectivity index (χ2n) is 8.78. The molecule has 6 N–H and O–H groups in total. The number of piperidine rings is 1. The van der Waals surface area contributed by atoms with Crippen LogP contribution in [0.5, 0.6) is 11.5 Å². The number of carbonyl (C=O) groups excluding carboxylic acids is 1.